The molecule has 0 aliphatic carbocycles. The third-order valence-electron chi connectivity index (χ3n) is 4.06. The highest BCUT2D eigenvalue weighted by Crippen LogP contribution is 2.32. The van der Waals surface area contributed by atoms with Crippen LogP contribution < -0.4 is 5.73 Å². The van der Waals surface area contributed by atoms with E-state index in [0.717, 1.165) is 24.9 Å². The van der Waals surface area contributed by atoms with E-state index in [2.05, 4.69) is 9.97 Å². The highest BCUT2D eigenvalue weighted by molar-refractivity contribution is 5.94. The molecule has 124 valence electrons. The van der Waals surface area contributed by atoms with Crippen LogP contribution in [0.3, 0.4) is 0 Å². The van der Waals surface area contributed by atoms with Gasteiger partial charge in [-0.3, -0.25) is 10.2 Å². The van der Waals surface area contributed by atoms with E-state index in [1.807, 2.05) is 11.0 Å². The molecular formula is C17H18FN5O. The average Bonchev–Trinajstić information content (AvgIpc) is 3.22. The average molecular weight is 327 g/mol. The van der Waals surface area contributed by atoms with Crippen LogP contribution in [0.1, 0.15) is 40.8 Å². The number of amides is 1. The fourth-order valence-electron chi connectivity index (χ4n) is 2.92. The molecule has 1 amide bonds. The summed E-state index contributed by atoms with van der Waals surface area (Å²) in [5, 5.41) is 8.27. The number of aromatic nitrogens is 2. The van der Waals surface area contributed by atoms with Crippen molar-refractivity contribution in [1.29, 1.82) is 5.41 Å². The minimum atomic E-state index is -0.581. The molecule has 1 aromatic carbocycles. The highest BCUT2D eigenvalue weighted by atomic mass is 19.1. The molecule has 0 unspecified atom stereocenters. The molecule has 7 heteroatoms. The van der Waals surface area contributed by atoms with Crippen LogP contribution in [0.25, 0.3) is 6.08 Å². The van der Waals surface area contributed by atoms with Gasteiger partial charge in [0, 0.05) is 6.54 Å². The Morgan fingerprint density at radius 3 is 3.04 bits per heavy atom. The summed E-state index contributed by atoms with van der Waals surface area (Å²) in [6, 6.07) is 6.51. The van der Waals surface area contributed by atoms with E-state index in [4.69, 9.17) is 11.1 Å². The minimum absolute atomic E-state index is 0.00404. The second-order valence-electron chi connectivity index (χ2n) is 5.67. The van der Waals surface area contributed by atoms with Gasteiger partial charge >= 0.3 is 0 Å². The van der Waals surface area contributed by atoms with Crippen LogP contribution in [-0.4, -0.2) is 33.2 Å². The fourth-order valence-corrected chi connectivity index (χ4v) is 2.92. The molecule has 1 aromatic heterocycles. The zero-order valence-electron chi connectivity index (χ0n) is 13.0. The predicted molar refractivity (Wildman–Crippen MR) is 88.9 cm³/mol. The van der Waals surface area contributed by atoms with Gasteiger partial charge in [0.25, 0.3) is 5.91 Å². The Hall–Kier alpha value is -2.96. The Kier molecular flexibility index (Phi) is 4.41. The maximum Gasteiger partial charge on any atom is 0.266 e. The number of primary amides is 1. The van der Waals surface area contributed by atoms with Crippen LogP contribution in [0.4, 0.5) is 4.39 Å². The number of rotatable bonds is 4. The number of hydrogen-bond acceptors (Lipinski definition) is 3. The molecule has 1 saturated heterocycles. The van der Waals surface area contributed by atoms with E-state index in [1.165, 1.54) is 18.3 Å². The van der Waals surface area contributed by atoms with Gasteiger partial charge in [-0.2, -0.15) is 0 Å². The predicted octanol–water partition coefficient (Wildman–Crippen LogP) is 2.48. The van der Waals surface area contributed by atoms with E-state index >= 15 is 0 Å². The SMILES string of the molecule is N=C(/C=C\c1ncc(C(N)=O)[nH]1)N1CCC[C@@H]1c1cccc(F)c1. The summed E-state index contributed by atoms with van der Waals surface area (Å²) < 4.78 is 13.4. The van der Waals surface area contributed by atoms with Crippen molar-refractivity contribution in [1.82, 2.24) is 14.9 Å². The first-order valence-corrected chi connectivity index (χ1v) is 7.68. The van der Waals surface area contributed by atoms with Crippen LogP contribution in [0, 0.1) is 11.2 Å². The molecule has 2 aromatic rings. The Bertz CT molecular complexity index is 798. The fraction of sp³-hybridized carbons (Fsp3) is 0.235. The number of nitrogens with two attached hydrogens (primary N) is 1. The first-order valence-electron chi connectivity index (χ1n) is 7.68. The van der Waals surface area contributed by atoms with Crippen molar-refractivity contribution in [2.75, 3.05) is 6.54 Å². The maximum atomic E-state index is 13.4. The summed E-state index contributed by atoms with van der Waals surface area (Å²) in [6.45, 7) is 0.745. The lowest BCUT2D eigenvalue weighted by atomic mass is 10.0. The highest BCUT2D eigenvalue weighted by Gasteiger charge is 2.27. The third kappa shape index (κ3) is 3.34. The standard InChI is InChI=1S/C17H18FN5O/c18-12-4-1-3-11(9-12)14-5-2-8-23(14)15(19)6-7-16-21-10-13(22-16)17(20)24/h1,3-4,6-7,9-10,14,19H,2,5,8H2,(H2,20,24)(H,21,22)/b7-6-,19-15?/t14-/m1/s1. The van der Waals surface area contributed by atoms with Crippen LogP contribution in [0.2, 0.25) is 0 Å². The van der Waals surface area contributed by atoms with Gasteiger partial charge in [-0.05, 0) is 42.7 Å². The number of aromatic amines is 1. The van der Waals surface area contributed by atoms with Crippen molar-refractivity contribution >= 4 is 17.8 Å². The molecular weight excluding hydrogens is 309 g/mol. The molecule has 4 N–H and O–H groups in total. The molecule has 3 rings (SSSR count). The number of H-pyrrole nitrogens is 1. The molecule has 2 heterocycles. The van der Waals surface area contributed by atoms with E-state index in [1.54, 1.807) is 18.2 Å². The number of carbonyl (C=O) groups is 1. The Morgan fingerprint density at radius 2 is 2.33 bits per heavy atom. The summed E-state index contributed by atoms with van der Waals surface area (Å²) in [6.07, 6.45) is 6.42. The molecule has 0 saturated carbocycles. The Morgan fingerprint density at radius 1 is 1.50 bits per heavy atom. The van der Waals surface area contributed by atoms with Gasteiger partial charge < -0.3 is 15.6 Å². The number of nitrogens with zero attached hydrogens (tertiary/aromatic N) is 2. The number of nitrogens with one attached hydrogen (secondary N) is 2. The van der Waals surface area contributed by atoms with E-state index in [9.17, 15) is 9.18 Å². The summed E-state index contributed by atoms with van der Waals surface area (Å²) in [4.78, 5) is 19.8. The van der Waals surface area contributed by atoms with E-state index < -0.39 is 5.91 Å². The van der Waals surface area contributed by atoms with Gasteiger partial charge in [-0.1, -0.05) is 12.1 Å². The smallest absolute Gasteiger partial charge is 0.266 e. The van der Waals surface area contributed by atoms with Crippen molar-refractivity contribution < 1.29 is 9.18 Å². The summed E-state index contributed by atoms with van der Waals surface area (Å²) in [5.41, 5.74) is 6.26. The lowest BCUT2D eigenvalue weighted by Gasteiger charge is -2.26. The number of likely N-dealkylation sites (tertiary alicyclic amines) is 1. The first-order chi connectivity index (χ1) is 11.5. The Balaban J connectivity index is 1.73. The van der Waals surface area contributed by atoms with E-state index in [0.29, 0.717) is 11.7 Å². The quantitative estimate of drug-likeness (QED) is 0.594. The first kappa shape index (κ1) is 15.9. The number of halogens is 1. The lowest BCUT2D eigenvalue weighted by molar-refractivity contribution is 0.0996. The van der Waals surface area contributed by atoms with Crippen molar-refractivity contribution in [3.05, 3.63) is 59.4 Å². The van der Waals surface area contributed by atoms with Crippen LogP contribution in [-0.2, 0) is 0 Å². The second-order valence-corrected chi connectivity index (χ2v) is 5.67. The number of benzene rings is 1. The zero-order valence-corrected chi connectivity index (χ0v) is 13.0. The molecule has 6 nitrogen and oxygen atoms in total. The number of imidazole rings is 1. The molecule has 1 aliphatic rings. The third-order valence-corrected chi connectivity index (χ3v) is 4.06. The minimum Gasteiger partial charge on any atom is -0.364 e. The van der Waals surface area contributed by atoms with Crippen molar-refractivity contribution in [2.24, 2.45) is 5.73 Å². The largest absolute Gasteiger partial charge is 0.364 e. The number of carbonyl (C=O) groups excluding carboxylic acids is 1. The van der Waals surface area contributed by atoms with Gasteiger partial charge in [0.05, 0.1) is 12.2 Å². The molecule has 0 bridgehead atoms. The number of amidine groups is 1. The maximum absolute atomic E-state index is 13.4. The normalized spacial score (nSPS) is 17.5. The number of hydrogen-bond donors (Lipinski definition) is 3. The van der Waals surface area contributed by atoms with Crippen LogP contribution in [0.15, 0.2) is 36.5 Å². The lowest BCUT2D eigenvalue weighted by Crippen LogP contribution is -2.28. The molecule has 24 heavy (non-hydrogen) atoms. The topological polar surface area (TPSA) is 98.9 Å². The summed E-state index contributed by atoms with van der Waals surface area (Å²) in [5.74, 6) is -0.0761. The van der Waals surface area contributed by atoms with Crippen molar-refractivity contribution in [2.45, 2.75) is 18.9 Å². The molecule has 0 spiro atoms. The summed E-state index contributed by atoms with van der Waals surface area (Å²) in [7, 11) is 0. The zero-order chi connectivity index (χ0) is 17.1. The van der Waals surface area contributed by atoms with Crippen molar-refractivity contribution in [3.8, 4) is 0 Å². The van der Waals surface area contributed by atoms with E-state index in [-0.39, 0.29) is 17.6 Å². The molecule has 0 radical (unpaired) electrons. The Labute approximate surface area is 138 Å². The molecule has 1 atom stereocenters. The molecule has 1 aliphatic heterocycles. The van der Waals surface area contributed by atoms with Crippen molar-refractivity contribution in [3.63, 3.8) is 0 Å². The van der Waals surface area contributed by atoms with Gasteiger partial charge in [0.1, 0.15) is 23.2 Å². The van der Waals surface area contributed by atoms with Gasteiger partial charge in [0.15, 0.2) is 0 Å². The van der Waals surface area contributed by atoms with Gasteiger partial charge in [0.2, 0.25) is 0 Å². The van der Waals surface area contributed by atoms with Gasteiger partial charge in [-0.25, -0.2) is 9.37 Å². The van der Waals surface area contributed by atoms with Gasteiger partial charge in [-0.15, -0.1) is 0 Å². The second kappa shape index (κ2) is 6.66. The van der Waals surface area contributed by atoms with Crippen LogP contribution >= 0.6 is 0 Å². The van der Waals surface area contributed by atoms with Crippen LogP contribution in [0.5, 0.6) is 0 Å². The monoisotopic (exact) mass is 327 g/mol. The molecule has 1 fully saturated rings. The summed E-state index contributed by atoms with van der Waals surface area (Å²) >= 11 is 0.